The van der Waals surface area contributed by atoms with Crippen molar-refractivity contribution in [3.8, 4) is 0 Å². The molecule has 72 heavy (non-hydrogen) atoms. The smallest absolute Gasteiger partial charge is 0.206 e. The molecule has 0 amide bonds. The maximum atomic E-state index is 12.2. The van der Waals surface area contributed by atoms with Crippen molar-refractivity contribution in [1.82, 2.24) is 0 Å². The third-order valence-electron chi connectivity index (χ3n) is 9.70. The third kappa shape index (κ3) is 14.8. The Hall–Kier alpha value is -6.42. The number of sulfone groups is 2. The van der Waals surface area contributed by atoms with Crippen molar-refractivity contribution >= 4 is 104 Å². The molecule has 0 heterocycles. The van der Waals surface area contributed by atoms with Gasteiger partial charge in [-0.2, -0.15) is 0 Å². The van der Waals surface area contributed by atoms with Crippen molar-refractivity contribution in [1.29, 1.82) is 0 Å². The van der Waals surface area contributed by atoms with E-state index in [0.29, 0.717) is 0 Å². The molecule has 0 aliphatic heterocycles. The first-order chi connectivity index (χ1) is 32.4. The molecule has 0 saturated carbocycles. The number of hydrogen-bond acceptors (Lipinski definition) is 16. The van der Waals surface area contributed by atoms with Gasteiger partial charge in [0.15, 0.2) is 0 Å². The molecule has 16 N–H and O–H groups in total. The Morgan fingerprint density at radius 1 is 0.250 bits per heavy atom. The summed E-state index contributed by atoms with van der Waals surface area (Å²) in [5.74, 6) is 0. The summed E-state index contributed by atoms with van der Waals surface area (Å²) in [5.41, 5.74) is 18.1. The number of quaternary nitrogens is 4. The van der Waals surface area contributed by atoms with Crippen LogP contribution in [0.25, 0.3) is 21.5 Å². The van der Waals surface area contributed by atoms with Crippen LogP contribution in [0.4, 0.5) is 22.7 Å². The molecule has 0 aliphatic rings. The lowest BCUT2D eigenvalue weighted by molar-refractivity contribution is -0.255. The van der Waals surface area contributed by atoms with Gasteiger partial charge < -0.3 is 52.1 Å². The molecule has 0 radical (unpaired) electrons. The molecule has 28 heteroatoms. The molecular weight excluding hydrogens is 1060 g/mol. The summed E-state index contributed by atoms with van der Waals surface area (Å²) in [6.07, 6.45) is 0. The van der Waals surface area contributed by atoms with Crippen molar-refractivity contribution in [2.45, 2.75) is 39.2 Å². The molecule has 384 valence electrons. The summed E-state index contributed by atoms with van der Waals surface area (Å²) in [6.45, 7) is 0. The highest BCUT2D eigenvalue weighted by Crippen LogP contribution is 2.30. The Kier molecular flexibility index (Phi) is 19.5. The maximum absolute atomic E-state index is 12.2. The van der Waals surface area contributed by atoms with Crippen LogP contribution in [0, 0.1) is 0 Å². The van der Waals surface area contributed by atoms with Gasteiger partial charge in [-0.15, -0.1) is 0 Å². The van der Waals surface area contributed by atoms with Crippen LogP contribution in [-0.4, -0.2) is 79.7 Å². The van der Waals surface area contributed by atoms with Crippen LogP contribution in [0.3, 0.4) is 0 Å². The first-order valence-corrected chi connectivity index (χ1v) is 28.1. The SMILES string of the molecule is O.O.O=S(=O)([O-])c1cccc2c(S(=O)(=O)[O-])cccc12.O=S(=O)([O-])c1cccc2c(S(=O)(=O)[O-])cccc12.[NH3+]c1ccc(S(=O)(=O)c2ccc([NH3+])cc2)cc1.[NH3+]c1ccc(S(=O)(=O)c2ccc([NH3+])cc2)cc1. The molecule has 22 nitrogen and oxygen atoms in total. The summed E-state index contributed by atoms with van der Waals surface area (Å²) < 4.78 is 181. The monoisotopic (exact) mass is 1110 g/mol. The highest BCUT2D eigenvalue weighted by Gasteiger charge is 2.19. The molecule has 0 spiro atoms. The molecule has 8 aromatic carbocycles. The predicted octanol–water partition coefficient (Wildman–Crippen LogP) is 0.179. The van der Waals surface area contributed by atoms with E-state index in [2.05, 4.69) is 22.9 Å². The highest BCUT2D eigenvalue weighted by atomic mass is 32.2. The number of benzene rings is 8. The van der Waals surface area contributed by atoms with Crippen molar-refractivity contribution in [2.75, 3.05) is 0 Å². The summed E-state index contributed by atoms with van der Waals surface area (Å²) >= 11 is 0. The van der Waals surface area contributed by atoms with E-state index < -0.39 is 79.7 Å². The molecule has 0 aliphatic carbocycles. The lowest BCUT2D eigenvalue weighted by Crippen LogP contribution is -2.40. The van der Waals surface area contributed by atoms with Gasteiger partial charge in [-0.25, -0.2) is 50.5 Å². The lowest BCUT2D eigenvalue weighted by atomic mass is 10.1. The first-order valence-electron chi connectivity index (χ1n) is 19.5. The Morgan fingerprint density at radius 2 is 0.403 bits per heavy atom. The van der Waals surface area contributed by atoms with E-state index in [1.165, 1.54) is 48.5 Å². The van der Waals surface area contributed by atoms with Gasteiger partial charge in [-0.3, -0.25) is 0 Å². The van der Waals surface area contributed by atoms with Crippen molar-refractivity contribution in [3.63, 3.8) is 0 Å². The van der Waals surface area contributed by atoms with Gasteiger partial charge in [0.25, 0.3) is 0 Å². The molecule has 8 aromatic rings. The van der Waals surface area contributed by atoms with Crippen LogP contribution in [-0.2, 0) is 60.1 Å². The minimum absolute atomic E-state index is 0. The zero-order valence-electron chi connectivity index (χ0n) is 37.0. The average molecular weight is 1110 g/mol. The minimum Gasteiger partial charge on any atom is -0.744 e. The van der Waals surface area contributed by atoms with Gasteiger partial charge in [0.2, 0.25) is 19.7 Å². The van der Waals surface area contributed by atoms with Crippen LogP contribution in [0.1, 0.15) is 0 Å². The van der Waals surface area contributed by atoms with Gasteiger partial charge >= 0.3 is 0 Å². The summed E-state index contributed by atoms with van der Waals surface area (Å²) in [6, 6.07) is 40.2. The zero-order valence-corrected chi connectivity index (χ0v) is 41.9. The second-order valence-corrected chi connectivity index (χ2v) is 23.9. The number of fused-ring (bicyclic) bond motifs is 2. The summed E-state index contributed by atoms with van der Waals surface area (Å²) in [5, 5.41) is -0.317. The minimum atomic E-state index is -4.74. The predicted molar refractivity (Wildman–Crippen MR) is 254 cm³/mol. The van der Waals surface area contributed by atoms with Gasteiger partial charge in [0.1, 0.15) is 63.2 Å². The normalized spacial score (nSPS) is 11.8. The van der Waals surface area contributed by atoms with Crippen LogP contribution in [0.2, 0.25) is 0 Å². The topological polar surface area (TPSA) is 471 Å². The van der Waals surface area contributed by atoms with Gasteiger partial charge in [-0.1, -0.05) is 48.5 Å². The number of hydrogen-bond donors (Lipinski definition) is 4. The van der Waals surface area contributed by atoms with Crippen LogP contribution in [0.15, 0.2) is 209 Å². The molecule has 8 rings (SSSR count). The zero-order chi connectivity index (χ0) is 52.0. The van der Waals surface area contributed by atoms with E-state index >= 15 is 0 Å². The van der Waals surface area contributed by atoms with Gasteiger partial charge in [0, 0.05) is 70.1 Å². The Bertz CT molecular complexity index is 3420. The average Bonchev–Trinajstić information content (AvgIpc) is 3.28. The quantitative estimate of drug-likeness (QED) is 0.147. The van der Waals surface area contributed by atoms with Crippen molar-refractivity contribution < 1.29 is 103 Å². The van der Waals surface area contributed by atoms with E-state index in [4.69, 9.17) is 0 Å². The van der Waals surface area contributed by atoms with Gasteiger partial charge in [0.05, 0.1) is 39.2 Å². The van der Waals surface area contributed by atoms with Crippen LogP contribution >= 0.6 is 0 Å². The van der Waals surface area contributed by atoms with E-state index in [0.717, 1.165) is 47.0 Å². The largest absolute Gasteiger partial charge is 0.744 e. The van der Waals surface area contributed by atoms with E-state index in [9.17, 15) is 68.7 Å². The Balaban J connectivity index is 0.000000251. The Morgan fingerprint density at radius 3 is 0.542 bits per heavy atom. The standard InChI is InChI=1S/2C12H12N2O2S.2C10H8O6S2.2H2O/c2*13-9-1-5-11(6-2-9)17(15,16)12-7-3-10(14)4-8-12;2*11-17(12,13)9-5-1-3-7-8(9)4-2-6-10(7)18(14,15)16;;/h2*1-8H,13-14H2;2*1-6H,(H,11,12,13)(H,14,15,16);2*1H2. The molecule has 0 bridgehead atoms. The second kappa shape index (κ2) is 23.4. The van der Waals surface area contributed by atoms with E-state index in [1.54, 1.807) is 97.1 Å². The molecule has 0 fully saturated rings. The summed E-state index contributed by atoms with van der Waals surface area (Å²) in [4.78, 5) is -1.08. The maximum Gasteiger partial charge on any atom is 0.206 e. The van der Waals surface area contributed by atoms with E-state index in [-0.39, 0.29) is 52.1 Å². The van der Waals surface area contributed by atoms with E-state index in [1.807, 2.05) is 0 Å². The van der Waals surface area contributed by atoms with Gasteiger partial charge in [-0.05, 0) is 72.8 Å². The highest BCUT2D eigenvalue weighted by molar-refractivity contribution is 7.92. The fourth-order valence-corrected chi connectivity index (χ4v) is 11.6. The first kappa shape index (κ1) is 59.9. The fraction of sp³-hybridized carbons (Fsp3) is 0. The third-order valence-corrected chi connectivity index (χ3v) is 16.8. The number of rotatable bonds is 8. The van der Waals surface area contributed by atoms with Crippen LogP contribution < -0.4 is 22.9 Å². The van der Waals surface area contributed by atoms with Crippen molar-refractivity contribution in [3.05, 3.63) is 170 Å². The molecule has 0 saturated heterocycles. The molecule has 0 atom stereocenters. The second-order valence-electron chi connectivity index (χ2n) is 14.6. The molecule has 0 aromatic heterocycles. The Labute approximate surface area is 413 Å². The summed E-state index contributed by atoms with van der Waals surface area (Å²) in [7, 11) is -25.8. The van der Waals surface area contributed by atoms with Crippen LogP contribution in [0.5, 0.6) is 0 Å². The fourth-order valence-electron chi connectivity index (χ4n) is 6.32. The molecule has 0 unspecified atom stereocenters. The lowest BCUT2D eigenvalue weighted by Gasteiger charge is -2.14. The molecular formula is C44H44N4O18S6. The van der Waals surface area contributed by atoms with Crippen molar-refractivity contribution in [2.24, 2.45) is 0 Å².